The second-order valence-corrected chi connectivity index (χ2v) is 6.62. The summed E-state index contributed by atoms with van der Waals surface area (Å²) < 4.78 is 7.64. The van der Waals surface area contributed by atoms with Crippen LogP contribution in [-0.2, 0) is 0 Å². The maximum absolute atomic E-state index is 11.0. The Bertz CT molecular complexity index is 513. The Morgan fingerprint density at radius 2 is 2.14 bits per heavy atom. The molecule has 1 atom stereocenters. The highest BCUT2D eigenvalue weighted by molar-refractivity contribution is 6.13. The zero-order chi connectivity index (χ0) is 16.1. The van der Waals surface area contributed by atoms with Crippen LogP contribution in [0.5, 0.6) is 5.75 Å². The maximum atomic E-state index is 11.0. The van der Waals surface area contributed by atoms with Crippen LogP contribution in [0.4, 0.5) is 0 Å². The molecule has 1 heterocycles. The first-order valence-electron chi connectivity index (χ1n) is 7.85. The van der Waals surface area contributed by atoms with Crippen molar-refractivity contribution in [1.29, 1.82) is 0 Å². The van der Waals surface area contributed by atoms with Gasteiger partial charge in [0.05, 0.1) is 12.2 Å². The topological polar surface area (TPSA) is 49.8 Å². The van der Waals surface area contributed by atoms with E-state index in [2.05, 4.69) is 6.92 Å². The Labute approximate surface area is 137 Å². The van der Waals surface area contributed by atoms with E-state index in [9.17, 15) is 4.79 Å². The summed E-state index contributed by atoms with van der Waals surface area (Å²) in [5.74, 6) is 1.17. The zero-order valence-corrected chi connectivity index (χ0v) is 14.0. The molecule has 0 aliphatic carbocycles. The maximum Gasteiger partial charge on any atom is 0.335 e. The van der Waals surface area contributed by atoms with Crippen LogP contribution in [0.15, 0.2) is 18.2 Å². The largest absolute Gasteiger partial charge is 0.494 e. The summed E-state index contributed by atoms with van der Waals surface area (Å²) in [7, 11) is 0. The van der Waals surface area contributed by atoms with Crippen LogP contribution in [0.25, 0.3) is 0 Å². The van der Waals surface area contributed by atoms with Crippen LogP contribution in [-0.4, -0.2) is 35.2 Å². The lowest BCUT2D eigenvalue weighted by Crippen LogP contribution is -2.30. The second-order valence-electron chi connectivity index (χ2n) is 6.14. The van der Waals surface area contributed by atoms with Gasteiger partial charge in [0.25, 0.3) is 0 Å². The number of carboxylic acids is 1. The Morgan fingerprint density at radius 1 is 1.45 bits per heavy atom. The van der Waals surface area contributed by atoms with Crippen LogP contribution < -0.4 is 4.74 Å². The highest BCUT2D eigenvalue weighted by Gasteiger charge is 2.22. The van der Waals surface area contributed by atoms with E-state index in [0.717, 1.165) is 49.6 Å². The van der Waals surface area contributed by atoms with Crippen molar-refractivity contribution in [3.63, 3.8) is 0 Å². The fourth-order valence-corrected chi connectivity index (χ4v) is 3.20. The Balaban J connectivity index is 1.78. The molecule has 4 nitrogen and oxygen atoms in total. The minimum absolute atomic E-state index is 0.327. The minimum Gasteiger partial charge on any atom is -0.494 e. The van der Waals surface area contributed by atoms with Crippen LogP contribution in [0, 0.1) is 18.8 Å². The number of piperidine rings is 1. The number of nitrogens with zero attached hydrogens (tertiary/aromatic N) is 1. The van der Waals surface area contributed by atoms with E-state index in [0.29, 0.717) is 18.1 Å². The lowest BCUT2D eigenvalue weighted by atomic mass is 9.84. The lowest BCUT2D eigenvalue weighted by Gasteiger charge is -2.31. The summed E-state index contributed by atoms with van der Waals surface area (Å²) in [5, 5.41) is 9.01. The van der Waals surface area contributed by atoms with Crippen molar-refractivity contribution >= 4 is 17.7 Å². The molecular formula is C17H24ClNO3. The van der Waals surface area contributed by atoms with Gasteiger partial charge in [0.15, 0.2) is 0 Å². The Morgan fingerprint density at radius 3 is 2.73 bits per heavy atom. The molecule has 1 aromatic rings. The molecule has 1 N–H and O–H groups in total. The van der Waals surface area contributed by atoms with Gasteiger partial charge in [-0.2, -0.15) is 0 Å². The number of carbonyl (C=O) groups is 1. The van der Waals surface area contributed by atoms with Crippen molar-refractivity contribution in [2.24, 2.45) is 11.8 Å². The third-order valence-corrected chi connectivity index (χ3v) is 4.90. The van der Waals surface area contributed by atoms with Crippen molar-refractivity contribution in [3.8, 4) is 5.75 Å². The number of ether oxygens (including phenoxy) is 1. The van der Waals surface area contributed by atoms with Crippen LogP contribution in [0.2, 0.25) is 0 Å². The van der Waals surface area contributed by atoms with Crippen LogP contribution in [0.3, 0.4) is 0 Å². The van der Waals surface area contributed by atoms with Gasteiger partial charge < -0.3 is 9.84 Å². The van der Waals surface area contributed by atoms with Gasteiger partial charge in [0.2, 0.25) is 0 Å². The Hall–Kier alpha value is -1.26. The molecule has 2 rings (SSSR count). The van der Waals surface area contributed by atoms with Gasteiger partial charge >= 0.3 is 5.97 Å². The summed E-state index contributed by atoms with van der Waals surface area (Å²) in [5.41, 5.74) is 1.06. The highest BCUT2D eigenvalue weighted by Crippen LogP contribution is 2.28. The van der Waals surface area contributed by atoms with E-state index in [-0.39, 0.29) is 0 Å². The SMILES string of the molecule is Cc1cc(OCC[C@@H](C)C2CCN(Cl)CC2)ccc1C(=O)O. The fourth-order valence-electron chi connectivity index (χ4n) is 3.00. The number of carboxylic acid groups (broad SMARTS) is 1. The van der Waals surface area contributed by atoms with Crippen molar-refractivity contribution in [3.05, 3.63) is 29.3 Å². The van der Waals surface area contributed by atoms with Gasteiger partial charge in [-0.05, 0) is 73.6 Å². The molecule has 0 saturated carbocycles. The number of hydrogen-bond donors (Lipinski definition) is 1. The number of aryl methyl sites for hydroxylation is 1. The lowest BCUT2D eigenvalue weighted by molar-refractivity contribution is 0.0696. The normalized spacial score (nSPS) is 18.1. The quantitative estimate of drug-likeness (QED) is 0.804. The monoisotopic (exact) mass is 325 g/mol. The first-order chi connectivity index (χ1) is 10.5. The standard InChI is InChI=1S/C17H24ClNO3/c1-12(14-5-8-19(18)9-6-14)7-10-22-15-3-4-16(17(20)21)13(2)11-15/h3-4,11-12,14H,5-10H2,1-2H3,(H,20,21)/t12-/m1/s1. The minimum atomic E-state index is -0.900. The molecular weight excluding hydrogens is 302 g/mol. The molecule has 0 spiro atoms. The van der Waals surface area contributed by atoms with Crippen molar-refractivity contribution < 1.29 is 14.6 Å². The van der Waals surface area contributed by atoms with Gasteiger partial charge in [0.1, 0.15) is 5.75 Å². The first kappa shape index (κ1) is 17.1. The molecule has 1 saturated heterocycles. The molecule has 0 aromatic heterocycles. The fraction of sp³-hybridized carbons (Fsp3) is 0.588. The Kier molecular flexibility index (Phi) is 6.09. The third kappa shape index (κ3) is 4.62. The summed E-state index contributed by atoms with van der Waals surface area (Å²) in [4.78, 5) is 11.0. The van der Waals surface area contributed by atoms with Gasteiger partial charge in [-0.25, -0.2) is 9.21 Å². The molecule has 1 aromatic carbocycles. The van der Waals surface area contributed by atoms with Gasteiger partial charge in [-0.15, -0.1) is 0 Å². The van der Waals surface area contributed by atoms with E-state index in [1.54, 1.807) is 25.1 Å². The number of rotatable bonds is 6. The first-order valence-corrected chi connectivity index (χ1v) is 8.18. The van der Waals surface area contributed by atoms with Crippen LogP contribution >= 0.6 is 11.8 Å². The molecule has 0 radical (unpaired) electrons. The van der Waals surface area contributed by atoms with Gasteiger partial charge in [-0.3, -0.25) is 0 Å². The number of benzene rings is 1. The average molecular weight is 326 g/mol. The number of halogens is 1. The summed E-state index contributed by atoms with van der Waals surface area (Å²) in [6.45, 7) is 6.66. The third-order valence-electron chi connectivity index (χ3n) is 4.56. The van der Waals surface area contributed by atoms with E-state index >= 15 is 0 Å². The van der Waals surface area contributed by atoms with Crippen molar-refractivity contribution in [1.82, 2.24) is 4.42 Å². The highest BCUT2D eigenvalue weighted by atomic mass is 35.5. The molecule has 1 aliphatic rings. The number of hydrogen-bond acceptors (Lipinski definition) is 3. The molecule has 5 heteroatoms. The van der Waals surface area contributed by atoms with E-state index in [4.69, 9.17) is 21.6 Å². The average Bonchev–Trinajstić information content (AvgIpc) is 2.47. The predicted octanol–water partition coefficient (Wildman–Crippen LogP) is 3.96. The van der Waals surface area contributed by atoms with Crippen molar-refractivity contribution in [2.75, 3.05) is 19.7 Å². The van der Waals surface area contributed by atoms with Gasteiger partial charge in [0, 0.05) is 13.1 Å². The van der Waals surface area contributed by atoms with Gasteiger partial charge in [-0.1, -0.05) is 6.92 Å². The summed E-state index contributed by atoms with van der Waals surface area (Å²) >= 11 is 5.99. The van der Waals surface area contributed by atoms with Crippen LogP contribution in [0.1, 0.15) is 42.1 Å². The molecule has 22 heavy (non-hydrogen) atoms. The number of aromatic carboxylic acids is 1. The summed E-state index contributed by atoms with van der Waals surface area (Å²) in [6, 6.07) is 5.12. The molecule has 0 unspecified atom stereocenters. The molecule has 0 amide bonds. The van der Waals surface area contributed by atoms with E-state index in [1.807, 2.05) is 4.42 Å². The molecule has 122 valence electrons. The van der Waals surface area contributed by atoms with E-state index < -0.39 is 5.97 Å². The second kappa shape index (κ2) is 7.84. The molecule has 1 aliphatic heterocycles. The smallest absolute Gasteiger partial charge is 0.335 e. The van der Waals surface area contributed by atoms with E-state index in [1.165, 1.54) is 0 Å². The summed E-state index contributed by atoms with van der Waals surface area (Å²) in [6.07, 6.45) is 3.31. The zero-order valence-electron chi connectivity index (χ0n) is 13.2. The van der Waals surface area contributed by atoms with Crippen molar-refractivity contribution in [2.45, 2.75) is 33.1 Å². The molecule has 0 bridgehead atoms. The predicted molar refractivity (Wildman–Crippen MR) is 87.6 cm³/mol. The molecule has 1 fully saturated rings.